The molecule has 1 atom stereocenters. The van der Waals surface area contributed by atoms with Gasteiger partial charge < -0.3 is 19.6 Å². The number of rotatable bonds is 8. The van der Waals surface area contributed by atoms with E-state index in [1.165, 1.54) is 6.08 Å². The van der Waals surface area contributed by atoms with Crippen molar-refractivity contribution in [2.45, 2.75) is 6.10 Å². The maximum Gasteiger partial charge on any atom is 0.244 e. The maximum absolute atomic E-state index is 11.8. The first-order valence-electron chi connectivity index (χ1n) is 6.53. The van der Waals surface area contributed by atoms with Crippen LogP contribution in [0.25, 0.3) is 6.08 Å². The van der Waals surface area contributed by atoms with Crippen molar-refractivity contribution in [3.63, 3.8) is 0 Å². The zero-order valence-electron chi connectivity index (χ0n) is 11.4. The Balaban J connectivity index is 1.84. The van der Waals surface area contributed by atoms with Gasteiger partial charge in [-0.15, -0.1) is 11.3 Å². The highest BCUT2D eigenvalue weighted by Crippen LogP contribution is 2.21. The molecule has 2 rings (SSSR count). The van der Waals surface area contributed by atoms with Crippen LogP contribution in [0.3, 0.4) is 0 Å². The molecule has 1 amide bonds. The van der Waals surface area contributed by atoms with Crippen molar-refractivity contribution in [3.8, 4) is 0 Å². The zero-order valence-corrected chi connectivity index (χ0v) is 12.2. The SMILES string of the molecule is O=C(C=Cc1ccoc1)NCC(OCCO)c1cccs1. The van der Waals surface area contributed by atoms with Gasteiger partial charge in [-0.3, -0.25) is 4.79 Å². The number of aliphatic hydroxyl groups excluding tert-OH is 1. The fourth-order valence-electron chi connectivity index (χ4n) is 1.71. The number of hydrogen-bond donors (Lipinski definition) is 2. The lowest BCUT2D eigenvalue weighted by Crippen LogP contribution is -2.28. The number of amides is 1. The molecule has 112 valence electrons. The largest absolute Gasteiger partial charge is 0.472 e. The lowest BCUT2D eigenvalue weighted by molar-refractivity contribution is -0.117. The quantitative estimate of drug-likeness (QED) is 0.734. The van der Waals surface area contributed by atoms with Crippen molar-refractivity contribution >= 4 is 23.3 Å². The molecule has 0 fully saturated rings. The lowest BCUT2D eigenvalue weighted by atomic mass is 10.2. The van der Waals surface area contributed by atoms with Crippen LogP contribution in [0.4, 0.5) is 0 Å². The predicted molar refractivity (Wildman–Crippen MR) is 80.8 cm³/mol. The molecule has 5 nitrogen and oxygen atoms in total. The van der Waals surface area contributed by atoms with Gasteiger partial charge in [0, 0.05) is 23.1 Å². The van der Waals surface area contributed by atoms with E-state index in [2.05, 4.69) is 5.32 Å². The number of thiophene rings is 1. The van der Waals surface area contributed by atoms with Gasteiger partial charge in [0.1, 0.15) is 6.10 Å². The lowest BCUT2D eigenvalue weighted by Gasteiger charge is -2.16. The number of furan rings is 1. The van der Waals surface area contributed by atoms with E-state index < -0.39 is 0 Å². The van der Waals surface area contributed by atoms with Crippen LogP contribution in [0.5, 0.6) is 0 Å². The van der Waals surface area contributed by atoms with E-state index in [0.717, 1.165) is 10.4 Å². The summed E-state index contributed by atoms with van der Waals surface area (Å²) in [7, 11) is 0. The molecule has 0 saturated heterocycles. The average molecular weight is 307 g/mol. The van der Waals surface area contributed by atoms with Crippen molar-refractivity contribution in [2.75, 3.05) is 19.8 Å². The highest BCUT2D eigenvalue weighted by Gasteiger charge is 2.13. The molecule has 0 aromatic carbocycles. The van der Waals surface area contributed by atoms with Gasteiger partial charge in [-0.1, -0.05) is 6.07 Å². The first kappa shape index (κ1) is 15.5. The second kappa shape index (κ2) is 8.41. The smallest absolute Gasteiger partial charge is 0.244 e. The minimum absolute atomic E-state index is 0.0454. The van der Waals surface area contributed by atoms with Crippen molar-refractivity contribution in [2.24, 2.45) is 0 Å². The Bertz CT molecular complexity index is 548. The van der Waals surface area contributed by atoms with Crippen LogP contribution >= 0.6 is 11.3 Å². The molecule has 2 aromatic heterocycles. The van der Waals surface area contributed by atoms with Crippen LogP contribution in [0.15, 0.2) is 46.6 Å². The van der Waals surface area contributed by atoms with E-state index in [0.29, 0.717) is 6.54 Å². The minimum Gasteiger partial charge on any atom is -0.472 e. The number of aliphatic hydroxyl groups is 1. The summed E-state index contributed by atoms with van der Waals surface area (Å²) in [6.07, 6.45) is 5.98. The fourth-order valence-corrected chi connectivity index (χ4v) is 2.48. The number of ether oxygens (including phenoxy) is 1. The Kier molecular flexibility index (Phi) is 6.21. The predicted octanol–water partition coefficient (Wildman–Crippen LogP) is 2.22. The highest BCUT2D eigenvalue weighted by atomic mass is 32.1. The van der Waals surface area contributed by atoms with Gasteiger partial charge in [0.05, 0.1) is 25.7 Å². The standard InChI is InChI=1S/C15H17NO4S/c17-6-8-20-13(14-2-1-9-21-14)10-16-15(18)4-3-12-5-7-19-11-12/h1-5,7,9,11,13,17H,6,8,10H2,(H,16,18). The van der Waals surface area contributed by atoms with Gasteiger partial charge in [0.2, 0.25) is 5.91 Å². The van der Waals surface area contributed by atoms with Crippen molar-refractivity contribution in [1.29, 1.82) is 0 Å². The van der Waals surface area contributed by atoms with Crippen molar-refractivity contribution < 1.29 is 19.1 Å². The third kappa shape index (κ3) is 5.18. The second-order valence-corrected chi connectivity index (χ2v) is 5.21. The van der Waals surface area contributed by atoms with E-state index in [-0.39, 0.29) is 25.2 Å². The average Bonchev–Trinajstić information content (AvgIpc) is 3.18. The first-order valence-corrected chi connectivity index (χ1v) is 7.41. The molecular weight excluding hydrogens is 290 g/mol. The molecule has 0 bridgehead atoms. The summed E-state index contributed by atoms with van der Waals surface area (Å²) in [5, 5.41) is 13.6. The zero-order chi connectivity index (χ0) is 14.9. The molecule has 0 aliphatic rings. The van der Waals surface area contributed by atoms with Gasteiger partial charge in [-0.05, 0) is 23.6 Å². The molecule has 2 N–H and O–H groups in total. The van der Waals surface area contributed by atoms with Gasteiger partial charge in [0.25, 0.3) is 0 Å². The number of carbonyl (C=O) groups excluding carboxylic acids is 1. The molecule has 21 heavy (non-hydrogen) atoms. The molecule has 0 radical (unpaired) electrons. The van der Waals surface area contributed by atoms with Gasteiger partial charge in [-0.2, -0.15) is 0 Å². The summed E-state index contributed by atoms with van der Waals surface area (Å²) >= 11 is 1.56. The van der Waals surface area contributed by atoms with Crippen molar-refractivity contribution in [1.82, 2.24) is 5.32 Å². The van der Waals surface area contributed by atoms with Crippen LogP contribution in [0.1, 0.15) is 16.5 Å². The molecule has 1 unspecified atom stereocenters. The van der Waals surface area contributed by atoms with Crippen LogP contribution in [0.2, 0.25) is 0 Å². The van der Waals surface area contributed by atoms with Gasteiger partial charge in [-0.25, -0.2) is 0 Å². The second-order valence-electron chi connectivity index (χ2n) is 4.23. The van der Waals surface area contributed by atoms with E-state index >= 15 is 0 Å². The number of hydrogen-bond acceptors (Lipinski definition) is 5. The summed E-state index contributed by atoms with van der Waals surface area (Å²) in [5.41, 5.74) is 0.830. The summed E-state index contributed by atoms with van der Waals surface area (Å²) in [4.78, 5) is 12.8. The molecule has 6 heteroatoms. The molecule has 0 saturated carbocycles. The topological polar surface area (TPSA) is 71.7 Å². The minimum atomic E-state index is -0.247. The van der Waals surface area contributed by atoms with Crippen molar-refractivity contribution in [3.05, 3.63) is 52.6 Å². The van der Waals surface area contributed by atoms with Gasteiger partial charge in [0.15, 0.2) is 0 Å². The third-order valence-corrected chi connectivity index (χ3v) is 3.67. The monoisotopic (exact) mass is 307 g/mol. The summed E-state index contributed by atoms with van der Waals surface area (Å²) in [5.74, 6) is -0.203. The van der Waals surface area contributed by atoms with Crippen LogP contribution < -0.4 is 5.32 Å². The summed E-state index contributed by atoms with van der Waals surface area (Å²) in [6, 6.07) is 5.64. The Morgan fingerprint density at radius 3 is 3.10 bits per heavy atom. The van der Waals surface area contributed by atoms with Crippen LogP contribution in [0, 0.1) is 0 Å². The third-order valence-electron chi connectivity index (χ3n) is 2.70. The maximum atomic E-state index is 11.8. The van der Waals surface area contributed by atoms with Crippen LogP contribution in [-0.2, 0) is 9.53 Å². The van der Waals surface area contributed by atoms with E-state index in [1.807, 2.05) is 17.5 Å². The number of carbonyl (C=O) groups is 1. The normalized spacial score (nSPS) is 12.6. The summed E-state index contributed by atoms with van der Waals surface area (Å²) in [6.45, 7) is 0.550. The van der Waals surface area contributed by atoms with Gasteiger partial charge >= 0.3 is 0 Å². The molecule has 0 aliphatic carbocycles. The first-order chi connectivity index (χ1) is 10.3. The van der Waals surface area contributed by atoms with Crippen LogP contribution in [-0.4, -0.2) is 30.8 Å². The highest BCUT2D eigenvalue weighted by molar-refractivity contribution is 7.10. The molecular formula is C15H17NO4S. The Morgan fingerprint density at radius 2 is 2.43 bits per heavy atom. The van der Waals surface area contributed by atoms with E-state index in [9.17, 15) is 4.79 Å². The molecule has 2 aromatic rings. The van der Waals surface area contributed by atoms with E-state index in [1.54, 1.807) is 36.0 Å². The van der Waals surface area contributed by atoms with E-state index in [4.69, 9.17) is 14.3 Å². The Morgan fingerprint density at radius 1 is 1.52 bits per heavy atom. The molecule has 0 spiro atoms. The molecule has 2 heterocycles. The Labute approximate surface area is 126 Å². The number of nitrogens with one attached hydrogen (secondary N) is 1. The fraction of sp³-hybridized carbons (Fsp3) is 0.267. The summed E-state index contributed by atoms with van der Waals surface area (Å²) < 4.78 is 10.5. The Hall–Kier alpha value is -1.89. The molecule has 0 aliphatic heterocycles.